The van der Waals surface area contributed by atoms with Crippen molar-refractivity contribution in [2.45, 2.75) is 20.3 Å². The van der Waals surface area contributed by atoms with Crippen LogP contribution in [0.15, 0.2) is 60.7 Å². The van der Waals surface area contributed by atoms with Gasteiger partial charge >= 0.3 is 147 Å². The van der Waals surface area contributed by atoms with E-state index in [2.05, 4.69) is 85.9 Å². The molecule has 0 aromatic heterocycles. The van der Waals surface area contributed by atoms with Gasteiger partial charge in [0.15, 0.2) is 0 Å². The zero-order valence-corrected chi connectivity index (χ0v) is 17.7. The van der Waals surface area contributed by atoms with Crippen LogP contribution in [-0.4, -0.2) is 5.43 Å². The van der Waals surface area contributed by atoms with Crippen molar-refractivity contribution in [3.05, 3.63) is 82.9 Å². The van der Waals surface area contributed by atoms with Crippen molar-refractivity contribution in [3.8, 4) is 0 Å². The molecule has 0 amide bonds. The zero-order valence-electron chi connectivity index (χ0n) is 13.5. The standard InChI is InChI=1S/2C9H7.C2H6Si.ClH.Zr/c2*1-2-5-9-7-3-6-8(9)4-1;1-3-2;;/h2*1-7H;1-2H3;1H;/q;;;;+1/p-1. The molecule has 23 heavy (non-hydrogen) atoms. The van der Waals surface area contributed by atoms with Gasteiger partial charge in [-0.3, -0.25) is 0 Å². The molecule has 4 rings (SSSR count). The third-order valence-electron chi connectivity index (χ3n) is 5.27. The molecule has 2 atom stereocenters. The maximum absolute atomic E-state index is 7.69. The van der Waals surface area contributed by atoms with E-state index < -0.39 is 23.1 Å². The van der Waals surface area contributed by atoms with Crippen molar-refractivity contribution in [2.75, 3.05) is 0 Å². The molecule has 0 bridgehead atoms. The number of halogens is 1. The molecule has 3 heteroatoms. The van der Waals surface area contributed by atoms with Gasteiger partial charge < -0.3 is 0 Å². The summed E-state index contributed by atoms with van der Waals surface area (Å²) in [6.45, 7) is 4.88. The fourth-order valence-electron chi connectivity index (χ4n) is 4.05. The molecule has 2 aromatic rings. The Morgan fingerprint density at radius 2 is 1.22 bits per heavy atom. The summed E-state index contributed by atoms with van der Waals surface area (Å²) in [6, 6.07) is 17.6. The summed E-state index contributed by atoms with van der Waals surface area (Å²) in [7, 11) is 7.69. The molecule has 0 radical (unpaired) electrons. The third kappa shape index (κ3) is 2.42. The van der Waals surface area contributed by atoms with Gasteiger partial charge in [-0.1, -0.05) is 0 Å². The van der Waals surface area contributed by atoms with Gasteiger partial charge in [0.2, 0.25) is 0 Å². The van der Waals surface area contributed by atoms with Crippen LogP contribution >= 0.6 is 8.51 Å². The topological polar surface area (TPSA) is 0 Å². The molecule has 0 nitrogen and oxygen atoms in total. The first-order valence-electron chi connectivity index (χ1n) is 8.16. The summed E-state index contributed by atoms with van der Waals surface area (Å²) >= 11 is -2.99. The summed E-state index contributed by atoms with van der Waals surface area (Å²) in [6.07, 6.45) is 9.42. The predicted molar refractivity (Wildman–Crippen MR) is 99.8 cm³/mol. The molecule has 2 aliphatic rings. The molecule has 0 aliphatic heterocycles. The zero-order chi connectivity index (χ0) is 16.0. The Kier molecular flexibility index (Phi) is 4.12. The Hall–Kier alpha value is -0.690. The molecule has 0 saturated heterocycles. The minimum atomic E-state index is -2.99. The number of hydrogen-bond acceptors (Lipinski definition) is 0. The van der Waals surface area contributed by atoms with Gasteiger partial charge in [0, 0.05) is 0 Å². The quantitative estimate of drug-likeness (QED) is 0.522. The second kappa shape index (κ2) is 5.99. The first-order valence-corrected chi connectivity index (χ1v) is 20.3. The second-order valence-corrected chi connectivity index (χ2v) is 33.4. The number of hydrogen-bond donors (Lipinski definition) is 0. The molecule has 2 aliphatic carbocycles. The first-order chi connectivity index (χ1) is 11.1. The average Bonchev–Trinajstić information content (AvgIpc) is 3.18. The van der Waals surface area contributed by atoms with Crippen molar-refractivity contribution in [1.29, 1.82) is 0 Å². The van der Waals surface area contributed by atoms with Gasteiger partial charge in [-0.15, -0.1) is 0 Å². The van der Waals surface area contributed by atoms with Crippen molar-refractivity contribution in [2.24, 2.45) is 0 Å². The Morgan fingerprint density at radius 3 is 1.65 bits per heavy atom. The third-order valence-corrected chi connectivity index (χ3v) is 38.2. The maximum atomic E-state index is 7.69. The number of allylic oxidation sites excluding steroid dienone is 2. The average molecular weight is 415 g/mol. The van der Waals surface area contributed by atoms with E-state index in [4.69, 9.17) is 8.51 Å². The van der Waals surface area contributed by atoms with Gasteiger partial charge in [0.05, 0.1) is 0 Å². The van der Waals surface area contributed by atoms with E-state index in [-0.39, 0.29) is 0 Å². The molecule has 2 aromatic carbocycles. The van der Waals surface area contributed by atoms with E-state index in [0.717, 1.165) is 0 Å². The predicted octanol–water partition coefficient (Wildman–Crippen LogP) is 6.08. The van der Waals surface area contributed by atoms with Crippen molar-refractivity contribution in [3.63, 3.8) is 0 Å². The van der Waals surface area contributed by atoms with Crippen molar-refractivity contribution < 1.29 is 17.7 Å². The SMILES string of the molecule is C[Si](C)=[Zr]([Cl])([CH]1C=Cc2ccccc21)[CH]1C=Cc2ccccc21. The van der Waals surface area contributed by atoms with Crippen LogP contribution < -0.4 is 0 Å². The van der Waals surface area contributed by atoms with Crippen LogP contribution in [-0.2, 0) is 17.7 Å². The Balaban J connectivity index is 1.90. The van der Waals surface area contributed by atoms with E-state index >= 15 is 0 Å². The summed E-state index contributed by atoms with van der Waals surface area (Å²) in [5.41, 5.74) is 5.15. The molecule has 0 N–H and O–H groups in total. The summed E-state index contributed by atoms with van der Waals surface area (Å²) < 4.78 is 0.985. The van der Waals surface area contributed by atoms with E-state index in [1.165, 1.54) is 22.3 Å². The van der Waals surface area contributed by atoms with Crippen LogP contribution in [0.2, 0.25) is 13.1 Å². The van der Waals surface area contributed by atoms with Crippen LogP contribution in [0.5, 0.6) is 0 Å². The van der Waals surface area contributed by atoms with E-state index in [0.29, 0.717) is 7.25 Å². The van der Waals surface area contributed by atoms with Crippen LogP contribution in [0.25, 0.3) is 12.2 Å². The Bertz CT molecular complexity index is 825. The molecular weight excluding hydrogens is 395 g/mol. The second-order valence-electron chi connectivity index (χ2n) is 6.70. The van der Waals surface area contributed by atoms with Gasteiger partial charge in [-0.25, -0.2) is 0 Å². The fraction of sp³-hybridized carbons (Fsp3) is 0.200. The summed E-state index contributed by atoms with van der Waals surface area (Å²) in [5.74, 6) is 0. The summed E-state index contributed by atoms with van der Waals surface area (Å²) in [4.78, 5) is 0. The number of rotatable bonds is 2. The van der Waals surface area contributed by atoms with Gasteiger partial charge in [0.25, 0.3) is 0 Å². The number of fused-ring (bicyclic) bond motifs is 2. The van der Waals surface area contributed by atoms with Gasteiger partial charge in [-0.2, -0.15) is 0 Å². The Morgan fingerprint density at radius 1 is 0.783 bits per heavy atom. The molecule has 2 unspecified atom stereocenters. The molecule has 115 valence electrons. The van der Waals surface area contributed by atoms with Crippen LogP contribution in [0.1, 0.15) is 29.5 Å². The Labute approximate surface area is 146 Å². The van der Waals surface area contributed by atoms with Gasteiger partial charge in [-0.05, 0) is 0 Å². The molecule has 0 fully saturated rings. The van der Waals surface area contributed by atoms with Crippen LogP contribution in [0.3, 0.4) is 0 Å². The number of benzene rings is 2. The van der Waals surface area contributed by atoms with Crippen LogP contribution in [0.4, 0.5) is 0 Å². The minimum absolute atomic E-state index is 0.492. The van der Waals surface area contributed by atoms with Crippen molar-refractivity contribution in [1.82, 2.24) is 0 Å². The first kappa shape index (κ1) is 15.8. The van der Waals surface area contributed by atoms with E-state index in [1.807, 2.05) is 0 Å². The van der Waals surface area contributed by atoms with E-state index in [9.17, 15) is 0 Å². The molecular formula is C20H20ClSiZr. The molecule has 0 spiro atoms. The monoisotopic (exact) mass is 413 g/mol. The van der Waals surface area contributed by atoms with Gasteiger partial charge in [0.1, 0.15) is 0 Å². The molecule has 0 saturated carbocycles. The van der Waals surface area contributed by atoms with Crippen LogP contribution in [0, 0.1) is 0 Å². The van der Waals surface area contributed by atoms with E-state index in [1.54, 1.807) is 0 Å². The normalized spacial score (nSPS) is 23.4. The molecule has 0 heterocycles. The fourth-order valence-corrected chi connectivity index (χ4v) is 26.0. The summed E-state index contributed by atoms with van der Waals surface area (Å²) in [5, 5.41) is 0. The van der Waals surface area contributed by atoms with Crippen molar-refractivity contribution >= 4 is 26.1 Å².